The van der Waals surface area contributed by atoms with Gasteiger partial charge in [0.1, 0.15) is 18.0 Å². The molecule has 1 aliphatic heterocycles. The van der Waals surface area contributed by atoms with Crippen LogP contribution in [0.5, 0.6) is 0 Å². The molecule has 2 aromatic carbocycles. The molecule has 0 saturated carbocycles. The van der Waals surface area contributed by atoms with Gasteiger partial charge in [-0.15, -0.1) is 10.2 Å². The van der Waals surface area contributed by atoms with E-state index in [0.29, 0.717) is 22.3 Å². The third-order valence-electron chi connectivity index (χ3n) is 5.51. The number of carbonyl (C=O) groups is 1. The number of alkyl halides is 2. The summed E-state index contributed by atoms with van der Waals surface area (Å²) in [6.07, 6.45) is -1.17. The summed E-state index contributed by atoms with van der Waals surface area (Å²) < 4.78 is 44.0. The molecule has 0 aliphatic carbocycles. The molecule has 2 atom stereocenters. The van der Waals surface area contributed by atoms with Gasteiger partial charge in [-0.25, -0.2) is 14.4 Å². The summed E-state index contributed by atoms with van der Waals surface area (Å²) >= 11 is 0. The Kier molecular flexibility index (Phi) is 5.54. The number of fused-ring (bicyclic) bond motifs is 1. The van der Waals surface area contributed by atoms with E-state index in [1.807, 2.05) is 0 Å². The largest absolute Gasteiger partial charge is 0.415 e. The molecule has 0 spiro atoms. The Labute approximate surface area is 190 Å². The summed E-state index contributed by atoms with van der Waals surface area (Å²) in [4.78, 5) is 23.3. The predicted molar refractivity (Wildman–Crippen MR) is 111 cm³/mol. The van der Waals surface area contributed by atoms with Crippen LogP contribution in [0, 0.1) is 5.82 Å². The second kappa shape index (κ2) is 8.67. The predicted octanol–water partition coefficient (Wildman–Crippen LogP) is 4.03. The van der Waals surface area contributed by atoms with E-state index in [-0.39, 0.29) is 18.3 Å². The number of hydrogen-bond acceptors (Lipinski definition) is 7. The lowest BCUT2D eigenvalue weighted by atomic mass is 10.00. The Morgan fingerprint density at radius 1 is 1.03 bits per heavy atom. The molecular weight excluding hydrogens is 451 g/mol. The average Bonchev–Trinajstić information content (AvgIpc) is 3.46. The van der Waals surface area contributed by atoms with Crippen LogP contribution in [0.4, 0.5) is 13.2 Å². The number of benzene rings is 2. The number of hydrogen-bond donors (Lipinski definition) is 1. The quantitative estimate of drug-likeness (QED) is 0.456. The number of nitrogens with zero attached hydrogens (tertiary/aromatic N) is 5. The topological polar surface area (TPSA) is 105 Å². The summed E-state index contributed by atoms with van der Waals surface area (Å²) in [5.41, 5.74) is 1.63. The first-order chi connectivity index (χ1) is 16.4. The first-order valence-electron chi connectivity index (χ1n) is 10.2. The van der Waals surface area contributed by atoms with E-state index in [9.17, 15) is 23.1 Å². The molecule has 3 heterocycles. The minimum Gasteiger partial charge on any atom is -0.415 e. The molecule has 8 nitrogen and oxygen atoms in total. The molecule has 0 bridgehead atoms. The zero-order valence-corrected chi connectivity index (χ0v) is 17.3. The van der Waals surface area contributed by atoms with Crippen molar-refractivity contribution in [3.8, 4) is 11.5 Å². The number of aromatic nitrogens is 4. The van der Waals surface area contributed by atoms with Crippen LogP contribution in [0.3, 0.4) is 0 Å². The molecule has 0 fully saturated rings. The third-order valence-corrected chi connectivity index (χ3v) is 5.51. The smallest absolute Gasteiger partial charge is 0.314 e. The molecule has 4 aromatic rings. The lowest BCUT2D eigenvalue weighted by molar-refractivity contribution is 0.0332. The van der Waals surface area contributed by atoms with Gasteiger partial charge in [-0.3, -0.25) is 4.79 Å². The van der Waals surface area contributed by atoms with Crippen molar-refractivity contribution in [2.24, 2.45) is 0 Å². The molecule has 34 heavy (non-hydrogen) atoms. The molecule has 0 saturated heterocycles. The zero-order chi connectivity index (χ0) is 23.8. The maximum Gasteiger partial charge on any atom is 0.314 e. The van der Waals surface area contributed by atoms with E-state index >= 15 is 0 Å². The molecule has 1 amide bonds. The Bertz CT molecular complexity index is 1330. The molecule has 2 aromatic heterocycles. The third kappa shape index (κ3) is 3.90. The van der Waals surface area contributed by atoms with Gasteiger partial charge >= 0.3 is 6.43 Å². The number of halogens is 3. The van der Waals surface area contributed by atoms with Gasteiger partial charge in [0.25, 0.3) is 11.8 Å². The van der Waals surface area contributed by atoms with Crippen LogP contribution in [0.25, 0.3) is 11.5 Å². The van der Waals surface area contributed by atoms with Crippen molar-refractivity contribution in [1.29, 1.82) is 0 Å². The minimum atomic E-state index is -2.91. The van der Waals surface area contributed by atoms with Crippen molar-refractivity contribution in [2.75, 3.05) is 0 Å². The molecule has 172 valence electrons. The van der Waals surface area contributed by atoms with Crippen molar-refractivity contribution in [3.05, 3.63) is 95.1 Å². The first kappa shape index (κ1) is 21.7. The summed E-state index contributed by atoms with van der Waals surface area (Å²) in [6.45, 7) is 0.141. The normalized spacial score (nSPS) is 15.0. The Balaban J connectivity index is 1.50. The van der Waals surface area contributed by atoms with Gasteiger partial charge in [-0.2, -0.15) is 8.78 Å². The van der Waals surface area contributed by atoms with Crippen molar-refractivity contribution in [3.63, 3.8) is 0 Å². The first-order valence-corrected chi connectivity index (χ1v) is 10.2. The Hall–Kier alpha value is -4.12. The maximum atomic E-state index is 13.4. The molecule has 0 unspecified atom stereocenters. The minimum absolute atomic E-state index is 0.140. The lowest BCUT2D eigenvalue weighted by Gasteiger charge is -2.30. The maximum absolute atomic E-state index is 13.4. The van der Waals surface area contributed by atoms with Crippen LogP contribution in [0.2, 0.25) is 0 Å². The highest BCUT2D eigenvalue weighted by Crippen LogP contribution is 2.39. The van der Waals surface area contributed by atoms with Crippen molar-refractivity contribution in [2.45, 2.75) is 25.1 Å². The fraction of sp³-hybridized carbons (Fsp3) is 0.174. The molecule has 1 N–H and O–H groups in total. The molecule has 5 rings (SSSR count). The van der Waals surface area contributed by atoms with E-state index < -0.39 is 36.2 Å². The number of rotatable bonds is 6. The monoisotopic (exact) mass is 467 g/mol. The van der Waals surface area contributed by atoms with E-state index in [2.05, 4.69) is 20.2 Å². The molecule has 11 heteroatoms. The van der Waals surface area contributed by atoms with Crippen LogP contribution in [-0.4, -0.2) is 36.1 Å². The second-order valence-electron chi connectivity index (χ2n) is 7.60. The highest BCUT2D eigenvalue weighted by molar-refractivity contribution is 5.99. The molecule has 0 radical (unpaired) electrons. The number of carbonyl (C=O) groups excluding carboxylic acids is 1. The van der Waals surface area contributed by atoms with Crippen molar-refractivity contribution >= 4 is 5.91 Å². The number of aliphatic hydroxyl groups is 1. The molecule has 1 aliphatic rings. The van der Waals surface area contributed by atoms with Crippen molar-refractivity contribution in [1.82, 2.24) is 25.1 Å². The highest BCUT2D eigenvalue weighted by Gasteiger charge is 2.39. The van der Waals surface area contributed by atoms with Crippen molar-refractivity contribution < 1.29 is 27.5 Å². The van der Waals surface area contributed by atoms with Gasteiger partial charge < -0.3 is 14.4 Å². The van der Waals surface area contributed by atoms with Crippen LogP contribution in [-0.2, 0) is 6.54 Å². The van der Waals surface area contributed by atoms with Crippen LogP contribution in [0.15, 0.2) is 65.3 Å². The van der Waals surface area contributed by atoms with Gasteiger partial charge in [-0.1, -0.05) is 18.2 Å². The van der Waals surface area contributed by atoms with Gasteiger partial charge in [0, 0.05) is 30.1 Å². The summed E-state index contributed by atoms with van der Waals surface area (Å²) in [5, 5.41) is 18.1. The van der Waals surface area contributed by atoms with E-state index in [1.54, 1.807) is 18.2 Å². The number of amides is 1. The average molecular weight is 467 g/mol. The summed E-state index contributed by atoms with van der Waals surface area (Å²) in [5.74, 6) is -1.63. The van der Waals surface area contributed by atoms with Gasteiger partial charge in [-0.05, 0) is 41.5 Å². The summed E-state index contributed by atoms with van der Waals surface area (Å²) in [6, 6.07) is 10.6. The Morgan fingerprint density at radius 3 is 2.44 bits per heavy atom. The fourth-order valence-electron chi connectivity index (χ4n) is 3.88. The SMILES string of the molecule is O=C1c2cc(-c3nnc(C(F)F)o3)ccc2CN1[C@H](c1ncccn1)[C@@H](O)c1ccc(F)cc1. The standard InChI is InChI=1S/C23H16F3N5O3/c24-15-6-4-12(5-7-15)18(32)17(20-27-8-1-9-28-20)31-11-14-3-2-13(10-16(14)23(31)33)21-29-30-22(34-21)19(25)26/h1-10,17-19,32H,11H2/t17-,18-/m0/s1. The van der Waals surface area contributed by atoms with Crippen LogP contribution >= 0.6 is 0 Å². The van der Waals surface area contributed by atoms with Crippen LogP contribution < -0.4 is 0 Å². The number of aliphatic hydroxyl groups excluding tert-OH is 1. The van der Waals surface area contributed by atoms with E-state index in [0.717, 1.165) is 0 Å². The fourth-order valence-corrected chi connectivity index (χ4v) is 3.88. The summed E-state index contributed by atoms with van der Waals surface area (Å²) in [7, 11) is 0. The zero-order valence-electron chi connectivity index (χ0n) is 17.3. The van der Waals surface area contributed by atoms with Gasteiger partial charge in [0.2, 0.25) is 5.89 Å². The van der Waals surface area contributed by atoms with E-state index in [1.165, 1.54) is 47.6 Å². The van der Waals surface area contributed by atoms with Crippen LogP contribution in [0.1, 0.15) is 51.8 Å². The second-order valence-corrected chi connectivity index (χ2v) is 7.60. The highest BCUT2D eigenvalue weighted by atomic mass is 19.3. The molecular formula is C23H16F3N5O3. The van der Waals surface area contributed by atoms with Gasteiger partial charge in [0.15, 0.2) is 5.82 Å². The lowest BCUT2D eigenvalue weighted by Crippen LogP contribution is -2.34. The Morgan fingerprint density at radius 2 is 1.76 bits per heavy atom. The van der Waals surface area contributed by atoms with Gasteiger partial charge in [0.05, 0.1) is 0 Å². The van der Waals surface area contributed by atoms with E-state index in [4.69, 9.17) is 4.42 Å².